The number of ether oxygens (including phenoxy) is 2. The van der Waals surface area contributed by atoms with E-state index in [1.807, 2.05) is 0 Å². The van der Waals surface area contributed by atoms with Gasteiger partial charge in [0.1, 0.15) is 0 Å². The summed E-state index contributed by atoms with van der Waals surface area (Å²) in [7, 11) is 0. The van der Waals surface area contributed by atoms with Gasteiger partial charge in [-0.1, -0.05) is 6.58 Å². The van der Waals surface area contributed by atoms with Gasteiger partial charge in [-0.25, -0.2) is 13.6 Å². The minimum atomic E-state index is -1.56. The van der Waals surface area contributed by atoms with Crippen LogP contribution in [-0.2, 0) is 9.59 Å². The Morgan fingerprint density at radius 1 is 0.793 bits per heavy atom. The Kier molecular flexibility index (Phi) is 6.15. The summed E-state index contributed by atoms with van der Waals surface area (Å²) in [6, 6.07) is 3.71. The summed E-state index contributed by atoms with van der Waals surface area (Å²) in [5.41, 5.74) is -2.22. The Labute approximate surface area is 164 Å². The lowest BCUT2D eigenvalue weighted by atomic mass is 9.97. The van der Waals surface area contributed by atoms with Crippen LogP contribution in [0.5, 0.6) is 11.5 Å². The minimum Gasteiger partial charge on any atom is -0.423 e. The number of benzene rings is 2. The number of hydrogen-bond donors (Lipinski definition) is 0. The Balaban J connectivity index is 2.44. The average molecular weight is 410 g/mol. The predicted octanol–water partition coefficient (Wildman–Crippen LogP) is 5.34. The van der Waals surface area contributed by atoms with Crippen LogP contribution in [0.4, 0.5) is 17.6 Å². The summed E-state index contributed by atoms with van der Waals surface area (Å²) in [6.07, 6.45) is 0. The number of esters is 2. The van der Waals surface area contributed by atoms with Gasteiger partial charge < -0.3 is 9.47 Å². The molecule has 0 saturated heterocycles. The van der Waals surface area contributed by atoms with Crippen LogP contribution in [0.1, 0.15) is 27.7 Å². The van der Waals surface area contributed by atoms with Crippen molar-refractivity contribution in [1.29, 1.82) is 0 Å². The van der Waals surface area contributed by atoms with Gasteiger partial charge in [0.15, 0.2) is 23.1 Å². The van der Waals surface area contributed by atoms with Gasteiger partial charge in [0.2, 0.25) is 11.6 Å². The summed E-state index contributed by atoms with van der Waals surface area (Å²) >= 11 is 0. The second kappa shape index (κ2) is 8.06. The largest absolute Gasteiger partial charge is 0.423 e. The molecule has 154 valence electrons. The van der Waals surface area contributed by atoms with E-state index in [0.717, 1.165) is 24.3 Å². The normalized spacial score (nSPS) is 11.2. The standard InChI is InChI=1S/C21H18F4O4/c1-10(2)19(26)28-13-8-6-11(15(22)17(13)24)12-7-9-14(18(25)16(12)23)29-20(27)21(3,4)5/h6-9H,1H2,2-5H3. The summed E-state index contributed by atoms with van der Waals surface area (Å²) in [6.45, 7) is 9.21. The maximum Gasteiger partial charge on any atom is 0.338 e. The van der Waals surface area contributed by atoms with Crippen molar-refractivity contribution >= 4 is 11.9 Å². The molecule has 0 unspecified atom stereocenters. The van der Waals surface area contributed by atoms with Gasteiger partial charge in [-0.15, -0.1) is 0 Å². The molecule has 4 nitrogen and oxygen atoms in total. The highest BCUT2D eigenvalue weighted by Crippen LogP contribution is 2.35. The first-order valence-electron chi connectivity index (χ1n) is 8.41. The maximum absolute atomic E-state index is 14.5. The zero-order valence-electron chi connectivity index (χ0n) is 16.2. The van der Waals surface area contributed by atoms with Crippen molar-refractivity contribution in [1.82, 2.24) is 0 Å². The predicted molar refractivity (Wildman–Crippen MR) is 97.2 cm³/mol. The molecule has 0 aliphatic rings. The zero-order chi connectivity index (χ0) is 22.1. The van der Waals surface area contributed by atoms with E-state index in [2.05, 4.69) is 11.3 Å². The van der Waals surface area contributed by atoms with Gasteiger partial charge in [0.05, 0.1) is 5.41 Å². The third-order valence-electron chi connectivity index (χ3n) is 3.75. The SMILES string of the molecule is C=C(C)C(=O)Oc1ccc(-c2ccc(OC(=O)C(C)(C)C)c(F)c2F)c(F)c1F. The zero-order valence-corrected chi connectivity index (χ0v) is 16.2. The van der Waals surface area contributed by atoms with Gasteiger partial charge in [-0.2, -0.15) is 8.78 Å². The molecule has 0 spiro atoms. The van der Waals surface area contributed by atoms with Crippen LogP contribution in [-0.4, -0.2) is 11.9 Å². The summed E-state index contributed by atoms with van der Waals surface area (Å²) in [5.74, 6) is -9.35. The van der Waals surface area contributed by atoms with Crippen LogP contribution < -0.4 is 9.47 Å². The fourth-order valence-electron chi connectivity index (χ4n) is 2.08. The molecule has 0 aliphatic carbocycles. The first-order chi connectivity index (χ1) is 13.3. The van der Waals surface area contributed by atoms with E-state index in [1.165, 1.54) is 27.7 Å². The second-order valence-corrected chi connectivity index (χ2v) is 7.29. The topological polar surface area (TPSA) is 52.6 Å². The van der Waals surface area contributed by atoms with Crippen molar-refractivity contribution in [3.8, 4) is 22.6 Å². The van der Waals surface area contributed by atoms with Gasteiger partial charge in [-0.3, -0.25) is 4.79 Å². The van der Waals surface area contributed by atoms with E-state index in [4.69, 9.17) is 4.74 Å². The van der Waals surface area contributed by atoms with Crippen LogP contribution in [0, 0.1) is 28.7 Å². The molecule has 2 rings (SSSR count). The summed E-state index contributed by atoms with van der Waals surface area (Å²) < 4.78 is 66.9. The van der Waals surface area contributed by atoms with Gasteiger partial charge >= 0.3 is 11.9 Å². The van der Waals surface area contributed by atoms with Crippen LogP contribution in [0.25, 0.3) is 11.1 Å². The highest BCUT2D eigenvalue weighted by atomic mass is 19.2. The van der Waals surface area contributed by atoms with Crippen molar-refractivity contribution in [3.63, 3.8) is 0 Å². The molecule has 0 radical (unpaired) electrons. The van der Waals surface area contributed by atoms with E-state index in [-0.39, 0.29) is 5.57 Å². The lowest BCUT2D eigenvalue weighted by Crippen LogP contribution is -2.26. The molecular weight excluding hydrogens is 392 g/mol. The van der Waals surface area contributed by atoms with E-state index in [1.54, 1.807) is 0 Å². The molecule has 0 amide bonds. The fourth-order valence-corrected chi connectivity index (χ4v) is 2.08. The monoisotopic (exact) mass is 410 g/mol. The van der Waals surface area contributed by atoms with E-state index >= 15 is 0 Å². The quantitative estimate of drug-likeness (QED) is 0.295. The summed E-state index contributed by atoms with van der Waals surface area (Å²) in [4.78, 5) is 23.3. The Morgan fingerprint density at radius 3 is 1.59 bits per heavy atom. The lowest BCUT2D eigenvalue weighted by molar-refractivity contribution is -0.143. The van der Waals surface area contributed by atoms with E-state index in [0.29, 0.717) is 0 Å². The van der Waals surface area contributed by atoms with Crippen molar-refractivity contribution < 1.29 is 36.6 Å². The smallest absolute Gasteiger partial charge is 0.338 e. The van der Waals surface area contributed by atoms with E-state index in [9.17, 15) is 27.2 Å². The van der Waals surface area contributed by atoms with Crippen molar-refractivity contribution in [2.75, 3.05) is 0 Å². The molecule has 0 aromatic heterocycles. The fraction of sp³-hybridized carbons (Fsp3) is 0.238. The molecule has 2 aromatic carbocycles. The van der Waals surface area contributed by atoms with Crippen LogP contribution in [0.2, 0.25) is 0 Å². The van der Waals surface area contributed by atoms with Crippen molar-refractivity contribution in [2.45, 2.75) is 27.7 Å². The van der Waals surface area contributed by atoms with Crippen LogP contribution in [0.3, 0.4) is 0 Å². The highest BCUT2D eigenvalue weighted by molar-refractivity contribution is 5.89. The molecule has 8 heteroatoms. The molecule has 29 heavy (non-hydrogen) atoms. The Bertz CT molecular complexity index is 1010. The van der Waals surface area contributed by atoms with Crippen molar-refractivity contribution in [3.05, 3.63) is 59.7 Å². The van der Waals surface area contributed by atoms with Crippen molar-refractivity contribution in [2.24, 2.45) is 5.41 Å². The first-order valence-corrected chi connectivity index (χ1v) is 8.41. The minimum absolute atomic E-state index is 0.0395. The lowest BCUT2D eigenvalue weighted by Gasteiger charge is -2.17. The molecule has 0 aliphatic heterocycles. The van der Waals surface area contributed by atoms with E-state index < -0.39 is 63.2 Å². The number of hydrogen-bond acceptors (Lipinski definition) is 4. The third kappa shape index (κ3) is 4.64. The molecule has 0 N–H and O–H groups in total. The Hall–Kier alpha value is -3.16. The maximum atomic E-state index is 14.5. The molecule has 0 heterocycles. The molecule has 0 saturated carbocycles. The van der Waals surface area contributed by atoms with Gasteiger partial charge in [0, 0.05) is 16.7 Å². The summed E-state index contributed by atoms with van der Waals surface area (Å²) in [5, 5.41) is 0. The first kappa shape index (κ1) is 22.1. The molecule has 0 bridgehead atoms. The number of halogens is 4. The van der Waals surface area contributed by atoms with Crippen LogP contribution in [0.15, 0.2) is 36.4 Å². The number of carbonyl (C=O) groups is 2. The third-order valence-corrected chi connectivity index (χ3v) is 3.75. The molecular formula is C21H18F4O4. The molecule has 2 aromatic rings. The van der Waals surface area contributed by atoms with Gasteiger partial charge in [0.25, 0.3) is 0 Å². The van der Waals surface area contributed by atoms with Gasteiger partial charge in [-0.05, 0) is 52.0 Å². The van der Waals surface area contributed by atoms with Crippen LogP contribution >= 0.6 is 0 Å². The molecule has 0 atom stereocenters. The number of rotatable bonds is 4. The average Bonchev–Trinajstić information content (AvgIpc) is 2.63. The Morgan fingerprint density at radius 2 is 1.21 bits per heavy atom. The highest BCUT2D eigenvalue weighted by Gasteiger charge is 2.27. The molecule has 0 fully saturated rings. The number of carbonyl (C=O) groups excluding carboxylic acids is 2. The second-order valence-electron chi connectivity index (χ2n) is 7.29.